The monoisotopic (exact) mass is 336 g/mol. The predicted octanol–water partition coefficient (Wildman–Crippen LogP) is 5.66. The summed E-state index contributed by atoms with van der Waals surface area (Å²) in [6.45, 7) is 8.09. The lowest BCUT2D eigenvalue weighted by molar-refractivity contribution is 0.134. The molecule has 2 unspecified atom stereocenters. The van der Waals surface area contributed by atoms with Gasteiger partial charge in [0, 0.05) is 13.7 Å². The molecule has 0 aliphatic heterocycles. The van der Waals surface area contributed by atoms with Crippen LogP contribution in [0, 0.1) is 5.92 Å². The zero-order valence-electron chi connectivity index (χ0n) is 15.1. The van der Waals surface area contributed by atoms with Crippen molar-refractivity contribution in [1.29, 1.82) is 0 Å². The van der Waals surface area contributed by atoms with Gasteiger partial charge >= 0.3 is 7.60 Å². The second-order valence-electron chi connectivity index (χ2n) is 5.96. The van der Waals surface area contributed by atoms with Gasteiger partial charge < -0.3 is 13.8 Å². The molecule has 5 heteroatoms. The maximum absolute atomic E-state index is 12.8. The van der Waals surface area contributed by atoms with Crippen LogP contribution in [-0.4, -0.2) is 33.1 Å². The molecule has 134 valence electrons. The molecule has 0 aromatic heterocycles. The molecule has 0 heterocycles. The van der Waals surface area contributed by atoms with E-state index in [9.17, 15) is 4.57 Å². The molecule has 0 rings (SSSR count). The molecule has 22 heavy (non-hydrogen) atoms. The van der Waals surface area contributed by atoms with Crippen LogP contribution in [0.2, 0.25) is 0 Å². The molecule has 0 radical (unpaired) electrons. The largest absolute Gasteiger partial charge is 0.385 e. The average Bonchev–Trinajstić information content (AvgIpc) is 2.53. The van der Waals surface area contributed by atoms with E-state index >= 15 is 0 Å². The van der Waals surface area contributed by atoms with Gasteiger partial charge in [-0.25, -0.2) is 0 Å². The first kappa shape index (κ1) is 22.1. The van der Waals surface area contributed by atoms with Gasteiger partial charge in [-0.15, -0.1) is 0 Å². The molecule has 0 fully saturated rings. The molecule has 0 bridgehead atoms. The van der Waals surface area contributed by atoms with Crippen LogP contribution in [0.25, 0.3) is 0 Å². The zero-order valence-corrected chi connectivity index (χ0v) is 16.0. The van der Waals surface area contributed by atoms with Crippen LogP contribution in [0.15, 0.2) is 0 Å². The van der Waals surface area contributed by atoms with Crippen molar-refractivity contribution in [1.82, 2.24) is 0 Å². The Kier molecular flexibility index (Phi) is 14.8. The zero-order chi connectivity index (χ0) is 16.7. The fourth-order valence-corrected chi connectivity index (χ4v) is 4.18. The number of ether oxygens (including phenoxy) is 1. The normalized spacial score (nSPS) is 15.6. The van der Waals surface area contributed by atoms with Gasteiger partial charge in [-0.05, 0) is 31.6 Å². The van der Waals surface area contributed by atoms with Crippen molar-refractivity contribution in [3.63, 3.8) is 0 Å². The van der Waals surface area contributed by atoms with Crippen molar-refractivity contribution < 1.29 is 18.3 Å². The minimum atomic E-state index is -2.92. The van der Waals surface area contributed by atoms with Crippen LogP contribution in [0.3, 0.4) is 0 Å². The van der Waals surface area contributed by atoms with Crippen LogP contribution in [-0.2, 0) is 18.3 Å². The van der Waals surface area contributed by atoms with Crippen LogP contribution >= 0.6 is 7.60 Å². The first-order chi connectivity index (χ1) is 10.6. The number of rotatable bonds is 16. The summed E-state index contributed by atoms with van der Waals surface area (Å²) in [6.07, 6.45) is 9.02. The first-order valence-corrected chi connectivity index (χ1v) is 10.7. The highest BCUT2D eigenvalue weighted by molar-refractivity contribution is 7.53. The molecular weight excluding hydrogens is 299 g/mol. The van der Waals surface area contributed by atoms with E-state index in [2.05, 4.69) is 13.8 Å². The second-order valence-corrected chi connectivity index (χ2v) is 8.15. The second kappa shape index (κ2) is 14.7. The van der Waals surface area contributed by atoms with Gasteiger partial charge in [0.05, 0.1) is 19.4 Å². The molecule has 0 saturated carbocycles. The van der Waals surface area contributed by atoms with Crippen molar-refractivity contribution in [2.75, 3.05) is 33.1 Å². The maximum atomic E-state index is 12.8. The standard InChI is InChI=1S/C17H37O4P/c1-5-8-10-11-17(12-14-19-4)16-21-22(18,15-9-6-2)20-13-7-3/h17H,5-16H2,1-4H3. The van der Waals surface area contributed by atoms with E-state index in [0.717, 1.165) is 38.7 Å². The molecule has 0 saturated heterocycles. The van der Waals surface area contributed by atoms with Gasteiger partial charge in [0.2, 0.25) is 0 Å². The van der Waals surface area contributed by atoms with E-state index in [1.165, 1.54) is 19.3 Å². The average molecular weight is 336 g/mol. The first-order valence-electron chi connectivity index (χ1n) is 8.98. The van der Waals surface area contributed by atoms with Crippen LogP contribution in [0.5, 0.6) is 0 Å². The number of methoxy groups -OCH3 is 1. The summed E-state index contributed by atoms with van der Waals surface area (Å²) in [4.78, 5) is 0. The fourth-order valence-electron chi connectivity index (χ4n) is 2.25. The van der Waals surface area contributed by atoms with Gasteiger partial charge in [0.15, 0.2) is 0 Å². The van der Waals surface area contributed by atoms with E-state index in [-0.39, 0.29) is 0 Å². The van der Waals surface area contributed by atoms with Crippen molar-refractivity contribution in [3.8, 4) is 0 Å². The highest BCUT2D eigenvalue weighted by atomic mass is 31.2. The van der Waals surface area contributed by atoms with E-state index in [4.69, 9.17) is 13.8 Å². The molecule has 0 aromatic carbocycles. The minimum absolute atomic E-state index is 0.409. The molecule has 0 N–H and O–H groups in total. The van der Waals surface area contributed by atoms with Crippen molar-refractivity contribution in [3.05, 3.63) is 0 Å². The molecule has 0 aliphatic rings. The summed E-state index contributed by atoms with van der Waals surface area (Å²) in [7, 11) is -1.20. The summed E-state index contributed by atoms with van der Waals surface area (Å²) in [6, 6.07) is 0. The van der Waals surface area contributed by atoms with Gasteiger partial charge in [0.1, 0.15) is 0 Å². The predicted molar refractivity (Wildman–Crippen MR) is 93.7 cm³/mol. The highest BCUT2D eigenvalue weighted by Gasteiger charge is 2.25. The fraction of sp³-hybridized carbons (Fsp3) is 1.00. The Hall–Kier alpha value is 0.110. The molecule has 4 nitrogen and oxygen atoms in total. The quantitative estimate of drug-likeness (QED) is 0.270. The molecule has 0 amide bonds. The molecule has 2 atom stereocenters. The van der Waals surface area contributed by atoms with E-state index < -0.39 is 7.60 Å². The lowest BCUT2D eigenvalue weighted by atomic mass is 9.99. The van der Waals surface area contributed by atoms with Crippen molar-refractivity contribution >= 4 is 7.60 Å². The third kappa shape index (κ3) is 11.6. The van der Waals surface area contributed by atoms with Crippen LogP contribution in [0.4, 0.5) is 0 Å². The minimum Gasteiger partial charge on any atom is -0.385 e. The van der Waals surface area contributed by atoms with Crippen LogP contribution < -0.4 is 0 Å². The Morgan fingerprint density at radius 1 is 0.864 bits per heavy atom. The van der Waals surface area contributed by atoms with Gasteiger partial charge in [0.25, 0.3) is 0 Å². The van der Waals surface area contributed by atoms with Crippen molar-refractivity contribution in [2.24, 2.45) is 5.92 Å². The van der Waals surface area contributed by atoms with Crippen LogP contribution in [0.1, 0.15) is 72.1 Å². The van der Waals surface area contributed by atoms with E-state index in [0.29, 0.717) is 25.3 Å². The summed E-state index contributed by atoms with van der Waals surface area (Å²) >= 11 is 0. The lowest BCUT2D eigenvalue weighted by Crippen LogP contribution is -2.13. The summed E-state index contributed by atoms with van der Waals surface area (Å²) in [5.41, 5.74) is 0. The Labute approximate surface area is 137 Å². The molecule has 0 aromatic rings. The Morgan fingerprint density at radius 2 is 1.59 bits per heavy atom. The summed E-state index contributed by atoms with van der Waals surface area (Å²) in [5.74, 6) is 0.409. The smallest absolute Gasteiger partial charge is 0.330 e. The van der Waals surface area contributed by atoms with E-state index in [1.807, 2.05) is 6.92 Å². The summed E-state index contributed by atoms with van der Waals surface area (Å²) < 4.78 is 29.3. The Morgan fingerprint density at radius 3 is 2.18 bits per heavy atom. The van der Waals surface area contributed by atoms with Gasteiger partial charge in [-0.1, -0.05) is 46.5 Å². The summed E-state index contributed by atoms with van der Waals surface area (Å²) in [5, 5.41) is 0. The van der Waals surface area contributed by atoms with E-state index in [1.54, 1.807) is 7.11 Å². The van der Waals surface area contributed by atoms with Gasteiger partial charge in [-0.3, -0.25) is 4.57 Å². The Bertz CT molecular complexity index is 272. The van der Waals surface area contributed by atoms with Crippen molar-refractivity contribution in [2.45, 2.75) is 72.1 Å². The number of hydrogen-bond donors (Lipinski definition) is 0. The number of unbranched alkanes of at least 4 members (excludes halogenated alkanes) is 3. The highest BCUT2D eigenvalue weighted by Crippen LogP contribution is 2.49. The lowest BCUT2D eigenvalue weighted by Gasteiger charge is -2.22. The topological polar surface area (TPSA) is 44.8 Å². The van der Waals surface area contributed by atoms with Gasteiger partial charge in [-0.2, -0.15) is 0 Å². The maximum Gasteiger partial charge on any atom is 0.330 e. The Balaban J connectivity index is 4.39. The third-order valence-electron chi connectivity index (χ3n) is 3.73. The molecule has 0 aliphatic carbocycles. The molecule has 0 spiro atoms. The number of hydrogen-bond acceptors (Lipinski definition) is 4. The molecular formula is C17H37O4P. The SMILES string of the molecule is CCCCCC(CCOC)COP(=O)(CCCC)OCCC. The third-order valence-corrected chi connectivity index (χ3v) is 5.71.